The lowest BCUT2D eigenvalue weighted by Gasteiger charge is -2.26. The zero-order valence-corrected chi connectivity index (χ0v) is 24.7. The molecule has 1 N–H and O–H groups in total. The first-order chi connectivity index (χ1) is 22.7. The maximum absolute atomic E-state index is 11.7. The maximum Gasteiger partial charge on any atom is 0.183 e. The van der Waals surface area contributed by atoms with Gasteiger partial charge < -0.3 is 18.8 Å². The van der Waals surface area contributed by atoms with E-state index < -0.39 is 0 Å². The number of para-hydroxylation sites is 3. The van der Waals surface area contributed by atoms with Crippen LogP contribution in [0.4, 0.5) is 17.1 Å². The van der Waals surface area contributed by atoms with Gasteiger partial charge in [-0.1, -0.05) is 109 Å². The molecule has 0 aliphatic heterocycles. The molecule has 0 radical (unpaired) electrons. The fourth-order valence-corrected chi connectivity index (χ4v) is 6.57. The number of benzene rings is 7. The molecule has 2 heterocycles. The third-order valence-electron chi connectivity index (χ3n) is 8.81. The first kappa shape index (κ1) is 26.2. The second-order valence-electron chi connectivity index (χ2n) is 11.5. The molecule has 0 unspecified atom stereocenters. The third kappa shape index (κ3) is 4.15. The molecule has 7 aromatic carbocycles. The molecule has 2 aromatic heterocycles. The van der Waals surface area contributed by atoms with Gasteiger partial charge in [-0.2, -0.15) is 0 Å². The lowest BCUT2D eigenvalue weighted by molar-refractivity contribution is 0.470. The van der Waals surface area contributed by atoms with E-state index in [4.69, 9.17) is 8.83 Å². The van der Waals surface area contributed by atoms with Gasteiger partial charge in [-0.25, -0.2) is 0 Å². The Morgan fingerprint density at radius 3 is 1.59 bits per heavy atom. The number of anilines is 3. The number of aromatic hydroxyl groups is 1. The molecule has 4 heteroatoms. The van der Waals surface area contributed by atoms with Gasteiger partial charge in [-0.3, -0.25) is 0 Å². The minimum absolute atomic E-state index is 0.0944. The smallest absolute Gasteiger partial charge is 0.183 e. The van der Waals surface area contributed by atoms with E-state index in [1.54, 1.807) is 0 Å². The van der Waals surface area contributed by atoms with Gasteiger partial charge in [-0.15, -0.1) is 0 Å². The summed E-state index contributed by atoms with van der Waals surface area (Å²) in [4.78, 5) is 2.07. The minimum Gasteiger partial charge on any atom is -0.503 e. The Morgan fingerprint density at radius 2 is 0.913 bits per heavy atom. The van der Waals surface area contributed by atoms with Crippen molar-refractivity contribution in [2.24, 2.45) is 0 Å². The largest absolute Gasteiger partial charge is 0.503 e. The molecule has 0 spiro atoms. The van der Waals surface area contributed by atoms with E-state index >= 15 is 0 Å². The first-order valence-electron chi connectivity index (χ1n) is 15.3. The summed E-state index contributed by atoms with van der Waals surface area (Å²) in [5.74, 6) is 0.0944. The fraction of sp³-hybridized carbons (Fsp3) is 0. The molecule has 0 atom stereocenters. The fourth-order valence-electron chi connectivity index (χ4n) is 6.57. The van der Waals surface area contributed by atoms with Crippen molar-refractivity contribution >= 4 is 60.9 Å². The highest BCUT2D eigenvalue weighted by Crippen LogP contribution is 2.46. The number of phenols is 1. The second kappa shape index (κ2) is 10.4. The highest BCUT2D eigenvalue weighted by atomic mass is 16.4. The number of hydrogen-bond acceptors (Lipinski definition) is 4. The van der Waals surface area contributed by atoms with Gasteiger partial charge in [0.25, 0.3) is 0 Å². The van der Waals surface area contributed by atoms with E-state index in [0.717, 1.165) is 71.9 Å². The zero-order chi connectivity index (χ0) is 30.6. The summed E-state index contributed by atoms with van der Waals surface area (Å²) in [7, 11) is 0. The van der Waals surface area contributed by atoms with Crippen LogP contribution in [0.1, 0.15) is 0 Å². The lowest BCUT2D eigenvalue weighted by Crippen LogP contribution is -2.10. The quantitative estimate of drug-likeness (QED) is 0.216. The summed E-state index contributed by atoms with van der Waals surface area (Å²) in [6.45, 7) is 0. The van der Waals surface area contributed by atoms with Crippen LogP contribution in [0.25, 0.3) is 66.1 Å². The van der Waals surface area contributed by atoms with Crippen molar-refractivity contribution in [2.75, 3.05) is 4.90 Å². The molecule has 0 bridgehead atoms. The van der Waals surface area contributed by atoms with Crippen molar-refractivity contribution < 1.29 is 13.9 Å². The average Bonchev–Trinajstić information content (AvgIpc) is 3.70. The lowest BCUT2D eigenvalue weighted by atomic mass is 10.0. The van der Waals surface area contributed by atoms with E-state index in [0.29, 0.717) is 11.3 Å². The van der Waals surface area contributed by atoms with Gasteiger partial charge in [0.1, 0.15) is 16.7 Å². The van der Waals surface area contributed by atoms with Crippen LogP contribution in [0.15, 0.2) is 167 Å². The van der Waals surface area contributed by atoms with Gasteiger partial charge in [0.2, 0.25) is 0 Å². The molecule has 9 rings (SSSR count). The van der Waals surface area contributed by atoms with Crippen molar-refractivity contribution in [1.29, 1.82) is 0 Å². The molecule has 0 aliphatic carbocycles. The molecule has 46 heavy (non-hydrogen) atoms. The van der Waals surface area contributed by atoms with Crippen LogP contribution in [-0.4, -0.2) is 5.11 Å². The number of furan rings is 2. The van der Waals surface area contributed by atoms with Crippen LogP contribution in [0.2, 0.25) is 0 Å². The maximum atomic E-state index is 11.7. The number of nitrogens with zero attached hydrogens (tertiary/aromatic N) is 1. The highest BCUT2D eigenvalue weighted by molar-refractivity contribution is 6.10. The molecule has 0 amide bonds. The van der Waals surface area contributed by atoms with Crippen LogP contribution < -0.4 is 4.90 Å². The van der Waals surface area contributed by atoms with E-state index in [-0.39, 0.29) is 5.75 Å². The van der Waals surface area contributed by atoms with Crippen molar-refractivity contribution in [3.8, 4) is 28.0 Å². The Kier molecular flexibility index (Phi) is 5.93. The molecule has 0 aliphatic rings. The summed E-state index contributed by atoms with van der Waals surface area (Å²) < 4.78 is 12.5. The monoisotopic (exact) mass is 593 g/mol. The van der Waals surface area contributed by atoms with Crippen molar-refractivity contribution in [3.63, 3.8) is 0 Å². The molecule has 218 valence electrons. The van der Waals surface area contributed by atoms with Crippen LogP contribution in [0, 0.1) is 0 Å². The van der Waals surface area contributed by atoms with Crippen LogP contribution in [0.5, 0.6) is 5.75 Å². The van der Waals surface area contributed by atoms with E-state index in [9.17, 15) is 5.11 Å². The van der Waals surface area contributed by atoms with E-state index in [2.05, 4.69) is 89.8 Å². The van der Waals surface area contributed by atoms with Crippen LogP contribution in [0.3, 0.4) is 0 Å². The summed E-state index contributed by atoms with van der Waals surface area (Å²) in [5, 5.41) is 15.8. The molecular weight excluding hydrogens is 566 g/mol. The summed E-state index contributed by atoms with van der Waals surface area (Å²) in [6.07, 6.45) is 0. The molecule has 0 fully saturated rings. The molecule has 0 saturated heterocycles. The SMILES string of the molecule is Oc1c(N(c2ccc(-c3ccccc3)cc2)c2ccc(-c3cccc4c3oc3ccccc34)cc2)ccc2c1oc1ccccc12. The minimum atomic E-state index is 0.0944. The normalized spacial score (nSPS) is 11.6. The summed E-state index contributed by atoms with van der Waals surface area (Å²) >= 11 is 0. The predicted molar refractivity (Wildman–Crippen MR) is 188 cm³/mol. The molecular formula is C42H27NO3. The second-order valence-corrected chi connectivity index (χ2v) is 11.5. The van der Waals surface area contributed by atoms with Crippen molar-refractivity contribution in [2.45, 2.75) is 0 Å². The summed E-state index contributed by atoms with van der Waals surface area (Å²) in [6, 6.07) is 53.4. The molecule has 0 saturated carbocycles. The Bertz CT molecular complexity index is 2520. The van der Waals surface area contributed by atoms with Gasteiger partial charge in [0.15, 0.2) is 11.3 Å². The highest BCUT2D eigenvalue weighted by Gasteiger charge is 2.21. The summed E-state index contributed by atoms with van der Waals surface area (Å²) in [5.41, 5.74) is 9.76. The topological polar surface area (TPSA) is 49.8 Å². The number of hydrogen-bond donors (Lipinski definition) is 1. The van der Waals surface area contributed by atoms with E-state index in [1.807, 2.05) is 72.8 Å². The molecule has 4 nitrogen and oxygen atoms in total. The van der Waals surface area contributed by atoms with Gasteiger partial charge in [0, 0.05) is 38.5 Å². The molecule has 9 aromatic rings. The van der Waals surface area contributed by atoms with Gasteiger partial charge in [0.05, 0.1) is 5.69 Å². The Hall–Kier alpha value is -6.26. The predicted octanol–water partition coefficient (Wildman–Crippen LogP) is 12.0. The number of rotatable bonds is 5. The Balaban J connectivity index is 1.18. The number of phenolic OH excluding ortho intramolecular Hbond substituents is 1. The third-order valence-corrected chi connectivity index (χ3v) is 8.81. The Labute approximate surface area is 265 Å². The van der Waals surface area contributed by atoms with E-state index in [1.165, 1.54) is 0 Å². The van der Waals surface area contributed by atoms with Gasteiger partial charge >= 0.3 is 0 Å². The Morgan fingerprint density at radius 1 is 0.391 bits per heavy atom. The standard InChI is InChI=1S/C42H27NO3/c44-40-37(26-25-36-34-12-5-7-16-39(34)46-42(36)40)43(30-21-17-28(18-22-30)27-9-2-1-3-10-27)31-23-19-29(20-24-31)32-13-8-14-35-33-11-4-6-15-38(33)45-41(32)35/h1-26,44H. The van der Waals surface area contributed by atoms with Crippen LogP contribution in [-0.2, 0) is 0 Å². The zero-order valence-electron chi connectivity index (χ0n) is 24.7. The number of fused-ring (bicyclic) bond motifs is 6. The van der Waals surface area contributed by atoms with Crippen LogP contribution >= 0.6 is 0 Å². The average molecular weight is 594 g/mol. The van der Waals surface area contributed by atoms with Gasteiger partial charge in [-0.05, 0) is 65.2 Å². The first-order valence-corrected chi connectivity index (χ1v) is 15.3. The van der Waals surface area contributed by atoms with Crippen molar-refractivity contribution in [3.05, 3.63) is 158 Å². The van der Waals surface area contributed by atoms with Crippen molar-refractivity contribution in [1.82, 2.24) is 0 Å².